The molecular formula is C24H32BrN3O5S. The van der Waals surface area contributed by atoms with Crippen LogP contribution in [0.4, 0.5) is 5.69 Å². The molecule has 0 aliphatic carbocycles. The number of ether oxygens (including phenoxy) is 1. The zero-order valence-electron chi connectivity index (χ0n) is 20.1. The van der Waals surface area contributed by atoms with E-state index < -0.39 is 28.5 Å². The average Bonchev–Trinajstić information content (AvgIpc) is 2.79. The van der Waals surface area contributed by atoms with Crippen molar-refractivity contribution in [2.45, 2.75) is 45.8 Å². The number of carbonyl (C=O) groups excluding carboxylic acids is 2. The zero-order valence-corrected chi connectivity index (χ0v) is 22.5. The first-order valence-electron chi connectivity index (χ1n) is 10.9. The van der Waals surface area contributed by atoms with Gasteiger partial charge in [-0.15, -0.1) is 0 Å². The number of nitrogens with zero attached hydrogens (tertiary/aromatic N) is 2. The Bertz CT molecular complexity index is 1110. The van der Waals surface area contributed by atoms with E-state index in [2.05, 4.69) is 21.2 Å². The van der Waals surface area contributed by atoms with Crippen molar-refractivity contribution in [1.82, 2.24) is 10.2 Å². The van der Waals surface area contributed by atoms with E-state index >= 15 is 0 Å². The van der Waals surface area contributed by atoms with Gasteiger partial charge in [-0.1, -0.05) is 47.1 Å². The number of amides is 2. The monoisotopic (exact) mass is 553 g/mol. The second kappa shape index (κ2) is 12.2. The molecule has 0 radical (unpaired) electrons. The molecule has 186 valence electrons. The molecule has 0 fully saturated rings. The Kier molecular flexibility index (Phi) is 9.93. The first kappa shape index (κ1) is 27.7. The Morgan fingerprint density at radius 1 is 1.12 bits per heavy atom. The van der Waals surface area contributed by atoms with Crippen molar-refractivity contribution in [3.8, 4) is 5.75 Å². The Morgan fingerprint density at radius 3 is 2.38 bits per heavy atom. The van der Waals surface area contributed by atoms with E-state index in [1.165, 1.54) is 12.0 Å². The van der Waals surface area contributed by atoms with Crippen molar-refractivity contribution in [2.24, 2.45) is 0 Å². The number of carbonyl (C=O) groups is 2. The highest BCUT2D eigenvalue weighted by molar-refractivity contribution is 9.10. The topological polar surface area (TPSA) is 96.0 Å². The molecule has 2 unspecified atom stereocenters. The molecule has 34 heavy (non-hydrogen) atoms. The fraction of sp³-hybridized carbons (Fsp3) is 0.417. The second-order valence-corrected chi connectivity index (χ2v) is 10.9. The molecule has 2 aromatic carbocycles. The van der Waals surface area contributed by atoms with Gasteiger partial charge in [0.1, 0.15) is 18.3 Å². The molecule has 8 nitrogen and oxygen atoms in total. The van der Waals surface area contributed by atoms with E-state index in [1.54, 1.807) is 31.2 Å². The van der Waals surface area contributed by atoms with Gasteiger partial charge in [0.15, 0.2) is 0 Å². The zero-order chi connectivity index (χ0) is 25.5. The molecule has 10 heteroatoms. The summed E-state index contributed by atoms with van der Waals surface area (Å²) in [6.07, 6.45) is 1.78. The van der Waals surface area contributed by atoms with Crippen molar-refractivity contribution >= 4 is 43.5 Å². The summed E-state index contributed by atoms with van der Waals surface area (Å²) in [6, 6.07) is 13.1. The summed E-state index contributed by atoms with van der Waals surface area (Å²) in [6.45, 7) is 5.14. The maximum Gasteiger partial charge on any atom is 0.244 e. The number of para-hydroxylation sites is 2. The third-order valence-corrected chi connectivity index (χ3v) is 7.06. The van der Waals surface area contributed by atoms with E-state index in [0.717, 1.165) is 27.0 Å². The lowest BCUT2D eigenvalue weighted by Gasteiger charge is -2.32. The summed E-state index contributed by atoms with van der Waals surface area (Å²) in [5, 5.41) is 2.90. The Hall–Kier alpha value is -2.59. The number of rotatable bonds is 11. The van der Waals surface area contributed by atoms with E-state index in [0.29, 0.717) is 5.75 Å². The minimum absolute atomic E-state index is 0.0566. The van der Waals surface area contributed by atoms with Crippen molar-refractivity contribution in [2.75, 3.05) is 24.2 Å². The van der Waals surface area contributed by atoms with Gasteiger partial charge in [-0.25, -0.2) is 8.42 Å². The number of methoxy groups -OCH3 is 1. The Labute approximate surface area is 210 Å². The fourth-order valence-corrected chi connectivity index (χ4v) is 4.61. The van der Waals surface area contributed by atoms with Crippen LogP contribution in [0.25, 0.3) is 0 Å². The number of hydrogen-bond acceptors (Lipinski definition) is 5. The van der Waals surface area contributed by atoms with Crippen LogP contribution in [-0.4, -0.2) is 57.1 Å². The average molecular weight is 555 g/mol. The first-order valence-corrected chi connectivity index (χ1v) is 13.6. The van der Waals surface area contributed by atoms with E-state index in [-0.39, 0.29) is 24.2 Å². The number of benzene rings is 2. The summed E-state index contributed by atoms with van der Waals surface area (Å²) in [5.41, 5.74) is 1.05. The van der Waals surface area contributed by atoms with E-state index in [1.807, 2.05) is 38.1 Å². The van der Waals surface area contributed by atoms with Crippen LogP contribution in [0.2, 0.25) is 0 Å². The van der Waals surface area contributed by atoms with Gasteiger partial charge in [0.2, 0.25) is 21.8 Å². The van der Waals surface area contributed by atoms with Crippen LogP contribution < -0.4 is 14.4 Å². The van der Waals surface area contributed by atoms with Crippen LogP contribution in [0.15, 0.2) is 53.0 Å². The maximum atomic E-state index is 13.6. The Morgan fingerprint density at radius 2 is 1.79 bits per heavy atom. The van der Waals surface area contributed by atoms with Gasteiger partial charge in [-0.3, -0.25) is 13.9 Å². The summed E-state index contributed by atoms with van der Waals surface area (Å²) >= 11 is 3.43. The lowest BCUT2D eigenvalue weighted by molar-refractivity contribution is -0.139. The van der Waals surface area contributed by atoms with E-state index in [4.69, 9.17) is 4.74 Å². The third-order valence-electron chi connectivity index (χ3n) is 5.44. The van der Waals surface area contributed by atoms with Crippen LogP contribution in [0.5, 0.6) is 5.75 Å². The lowest BCUT2D eigenvalue weighted by Crippen LogP contribution is -2.52. The molecule has 0 bridgehead atoms. The summed E-state index contributed by atoms with van der Waals surface area (Å²) in [5.74, 6) is -0.495. The summed E-state index contributed by atoms with van der Waals surface area (Å²) in [7, 11) is -2.40. The molecule has 0 saturated carbocycles. The lowest BCUT2D eigenvalue weighted by atomic mass is 10.1. The molecule has 2 rings (SSSR count). The molecule has 0 aliphatic heterocycles. The predicted octanol–water partition coefficient (Wildman–Crippen LogP) is 3.56. The minimum atomic E-state index is -3.83. The standard InChI is InChI=1S/C24H32BrN3O5S/c1-6-17(2)26-24(30)18(3)27(15-19-10-9-11-20(25)14-19)23(29)16-28(34(5,31)32)21-12-7-8-13-22(21)33-4/h7-14,17-18H,6,15-16H2,1-5H3,(H,26,30). The quantitative estimate of drug-likeness (QED) is 0.459. The van der Waals surface area contributed by atoms with E-state index in [9.17, 15) is 18.0 Å². The molecule has 1 N–H and O–H groups in total. The number of sulfonamides is 1. The smallest absolute Gasteiger partial charge is 0.244 e. The van der Waals surface area contributed by atoms with Gasteiger partial charge >= 0.3 is 0 Å². The van der Waals surface area contributed by atoms with Crippen LogP contribution in [-0.2, 0) is 26.2 Å². The molecule has 0 aliphatic rings. The van der Waals surface area contributed by atoms with Crippen LogP contribution >= 0.6 is 15.9 Å². The highest BCUT2D eigenvalue weighted by atomic mass is 79.9. The number of anilines is 1. The number of halogens is 1. The second-order valence-electron chi connectivity index (χ2n) is 8.09. The molecule has 0 heterocycles. The maximum absolute atomic E-state index is 13.6. The summed E-state index contributed by atoms with van der Waals surface area (Å²) in [4.78, 5) is 27.8. The number of nitrogens with one attached hydrogen (secondary N) is 1. The van der Waals surface area contributed by atoms with Crippen molar-refractivity contribution in [3.63, 3.8) is 0 Å². The normalized spacial score (nSPS) is 13.0. The van der Waals surface area contributed by atoms with Crippen LogP contribution in [0.3, 0.4) is 0 Å². The SMILES string of the molecule is CCC(C)NC(=O)C(C)N(Cc1cccc(Br)c1)C(=O)CN(c1ccccc1OC)S(C)(=O)=O. The summed E-state index contributed by atoms with van der Waals surface area (Å²) < 4.78 is 32.5. The van der Waals surface area contributed by atoms with Gasteiger partial charge in [0.05, 0.1) is 19.1 Å². The van der Waals surface area contributed by atoms with Crippen LogP contribution in [0.1, 0.15) is 32.8 Å². The van der Waals surface area contributed by atoms with Gasteiger partial charge in [-0.05, 0) is 50.1 Å². The van der Waals surface area contributed by atoms with Gasteiger partial charge in [-0.2, -0.15) is 0 Å². The van der Waals surface area contributed by atoms with Crippen LogP contribution in [0, 0.1) is 0 Å². The van der Waals surface area contributed by atoms with Gasteiger partial charge < -0.3 is 15.0 Å². The fourth-order valence-electron chi connectivity index (χ4n) is 3.31. The molecule has 2 atom stereocenters. The van der Waals surface area contributed by atoms with Gasteiger partial charge in [0.25, 0.3) is 0 Å². The largest absolute Gasteiger partial charge is 0.495 e. The van der Waals surface area contributed by atoms with Crippen molar-refractivity contribution < 1.29 is 22.7 Å². The number of hydrogen-bond donors (Lipinski definition) is 1. The molecule has 2 amide bonds. The third kappa shape index (κ3) is 7.46. The molecular weight excluding hydrogens is 522 g/mol. The highest BCUT2D eigenvalue weighted by Gasteiger charge is 2.31. The van der Waals surface area contributed by atoms with Crippen molar-refractivity contribution in [1.29, 1.82) is 0 Å². The Balaban J connectivity index is 2.42. The molecule has 0 aromatic heterocycles. The van der Waals surface area contributed by atoms with Gasteiger partial charge in [0, 0.05) is 17.1 Å². The minimum Gasteiger partial charge on any atom is -0.495 e. The first-order chi connectivity index (χ1) is 16.0. The molecule has 0 spiro atoms. The van der Waals surface area contributed by atoms with Crippen molar-refractivity contribution in [3.05, 3.63) is 58.6 Å². The molecule has 2 aromatic rings. The molecule has 0 saturated heterocycles. The predicted molar refractivity (Wildman–Crippen MR) is 137 cm³/mol. The highest BCUT2D eigenvalue weighted by Crippen LogP contribution is 2.29.